The molecule has 0 saturated carbocycles. The van der Waals surface area contributed by atoms with Gasteiger partial charge in [-0.2, -0.15) is 0 Å². The molecule has 0 bridgehead atoms. The first-order chi connectivity index (χ1) is 22.7. The quantitative estimate of drug-likeness (QED) is 0.189. The zero-order chi connectivity index (χ0) is 32.9. The summed E-state index contributed by atoms with van der Waals surface area (Å²) in [5, 5.41) is 12.6. The zero-order valence-corrected chi connectivity index (χ0v) is 29.2. The van der Waals surface area contributed by atoms with Crippen LogP contribution >= 0.6 is 35.8 Å². The number of hydrogen-bond donors (Lipinski definition) is 1. The van der Waals surface area contributed by atoms with Crippen molar-refractivity contribution in [2.45, 2.75) is 48.3 Å². The molecule has 0 aliphatic carbocycles. The van der Waals surface area contributed by atoms with Crippen molar-refractivity contribution >= 4 is 58.2 Å². The van der Waals surface area contributed by atoms with Gasteiger partial charge in [-0.1, -0.05) is 72.8 Å². The summed E-state index contributed by atoms with van der Waals surface area (Å²) in [5.41, 5.74) is 5.69. The molecule has 5 aromatic rings. The summed E-state index contributed by atoms with van der Waals surface area (Å²) in [4.78, 5) is 34.7. The first-order valence-electron chi connectivity index (χ1n) is 15.7. The number of hydrogen-bond acceptors (Lipinski definition) is 7. The van der Waals surface area contributed by atoms with E-state index in [1.807, 2.05) is 48.2 Å². The van der Waals surface area contributed by atoms with E-state index < -0.39 is 11.6 Å². The molecule has 10 heteroatoms. The van der Waals surface area contributed by atoms with Crippen LogP contribution in [0.3, 0.4) is 0 Å². The number of benzene rings is 3. The van der Waals surface area contributed by atoms with Crippen molar-refractivity contribution in [3.05, 3.63) is 128 Å². The third-order valence-electron chi connectivity index (χ3n) is 8.97. The van der Waals surface area contributed by atoms with Crippen LogP contribution in [0, 0.1) is 0 Å². The summed E-state index contributed by atoms with van der Waals surface area (Å²) in [6, 6.07) is 26.3. The number of pyridine rings is 2. The van der Waals surface area contributed by atoms with Gasteiger partial charge in [-0.15, -0.1) is 12.4 Å². The molecule has 1 unspecified atom stereocenters. The molecule has 2 aromatic heterocycles. The fourth-order valence-corrected chi connectivity index (χ4v) is 7.71. The van der Waals surface area contributed by atoms with E-state index in [1.54, 1.807) is 17.6 Å². The topological polar surface area (TPSA) is 84.7 Å². The Bertz CT molecular complexity index is 2160. The highest BCUT2D eigenvalue weighted by molar-refractivity contribution is 7.99. The third-order valence-corrected chi connectivity index (χ3v) is 10.4. The predicted molar refractivity (Wildman–Crippen MR) is 194 cm³/mol. The highest BCUT2D eigenvalue weighted by Crippen LogP contribution is 2.46. The summed E-state index contributed by atoms with van der Waals surface area (Å²) < 4.78 is 6.72. The molecule has 3 aliphatic rings. The largest absolute Gasteiger partial charge is 0.458 e. The average molecular weight is 701 g/mol. The predicted octanol–water partition coefficient (Wildman–Crippen LogP) is 7.69. The molecule has 1 N–H and O–H groups in total. The van der Waals surface area contributed by atoms with E-state index in [9.17, 15) is 14.7 Å². The molecule has 7 nitrogen and oxygen atoms in total. The van der Waals surface area contributed by atoms with Crippen LogP contribution in [0.1, 0.15) is 47.6 Å². The van der Waals surface area contributed by atoms with Crippen LogP contribution in [-0.4, -0.2) is 46.2 Å². The van der Waals surface area contributed by atoms with Gasteiger partial charge in [0.2, 0.25) is 0 Å². The molecule has 0 saturated heterocycles. The number of nitrogens with zero attached hydrogens (tertiary/aromatic N) is 3. The lowest BCUT2D eigenvalue weighted by atomic mass is 9.86. The van der Waals surface area contributed by atoms with Gasteiger partial charge in [-0.05, 0) is 86.1 Å². The Morgan fingerprint density at radius 2 is 1.77 bits per heavy atom. The maximum Gasteiger partial charge on any atom is 0.343 e. The van der Waals surface area contributed by atoms with Gasteiger partial charge in [0.1, 0.15) is 6.61 Å². The van der Waals surface area contributed by atoms with Gasteiger partial charge in [-0.25, -0.2) is 9.78 Å². The van der Waals surface area contributed by atoms with Crippen molar-refractivity contribution in [3.8, 4) is 11.4 Å². The first kappa shape index (κ1) is 34.0. The minimum atomic E-state index is -1.79. The molecule has 3 aromatic carbocycles. The number of fused-ring (bicyclic) bond motifs is 7. The van der Waals surface area contributed by atoms with Crippen molar-refractivity contribution in [3.63, 3.8) is 0 Å². The second-order valence-corrected chi connectivity index (χ2v) is 13.8. The van der Waals surface area contributed by atoms with E-state index in [1.165, 1.54) is 26.5 Å². The molecule has 3 aliphatic heterocycles. The Kier molecular flexibility index (Phi) is 9.57. The maximum absolute atomic E-state index is 13.0. The summed E-state index contributed by atoms with van der Waals surface area (Å²) in [6.07, 6.45) is 3.51. The molecule has 0 radical (unpaired) electrons. The number of ether oxygens (including phenoxy) is 1. The molecular formula is C38H35Cl2N3O4S. The number of cyclic esters (lactones) is 1. The molecular weight excluding hydrogens is 665 g/mol. The fourth-order valence-electron chi connectivity index (χ4n) is 6.46. The van der Waals surface area contributed by atoms with E-state index in [-0.39, 0.29) is 31.0 Å². The number of aromatic nitrogens is 2. The summed E-state index contributed by atoms with van der Waals surface area (Å²) in [5.74, 6) is -0.707. The van der Waals surface area contributed by atoms with Gasteiger partial charge in [0.05, 0.1) is 29.0 Å². The lowest BCUT2D eigenvalue weighted by Crippen LogP contribution is -2.44. The zero-order valence-electron chi connectivity index (χ0n) is 26.8. The van der Waals surface area contributed by atoms with Crippen molar-refractivity contribution < 1.29 is 14.6 Å². The van der Waals surface area contributed by atoms with Crippen molar-refractivity contribution in [1.82, 2.24) is 14.5 Å². The van der Waals surface area contributed by atoms with Crippen LogP contribution < -0.4 is 5.56 Å². The molecule has 0 spiro atoms. The maximum atomic E-state index is 13.0. The number of carbonyl (C=O) groups is 1. The second kappa shape index (κ2) is 13.5. The summed E-state index contributed by atoms with van der Waals surface area (Å²) in [7, 11) is 4.21. The highest BCUT2D eigenvalue weighted by Gasteiger charge is 2.45. The minimum absolute atomic E-state index is 0. The smallest absolute Gasteiger partial charge is 0.343 e. The Morgan fingerprint density at radius 1 is 1.02 bits per heavy atom. The highest BCUT2D eigenvalue weighted by atomic mass is 35.5. The van der Waals surface area contributed by atoms with Gasteiger partial charge in [0, 0.05) is 37.9 Å². The van der Waals surface area contributed by atoms with E-state index in [0.29, 0.717) is 23.4 Å². The average Bonchev–Trinajstić information content (AvgIpc) is 3.43. The van der Waals surface area contributed by atoms with Crippen molar-refractivity contribution in [2.24, 2.45) is 0 Å². The van der Waals surface area contributed by atoms with Gasteiger partial charge in [0.25, 0.3) is 5.56 Å². The van der Waals surface area contributed by atoms with E-state index in [2.05, 4.69) is 61.5 Å². The van der Waals surface area contributed by atoms with Gasteiger partial charge in [-0.3, -0.25) is 4.79 Å². The molecule has 48 heavy (non-hydrogen) atoms. The second-order valence-electron chi connectivity index (χ2n) is 12.2. The molecule has 0 amide bonds. The first-order valence-corrected chi connectivity index (χ1v) is 16.8. The Morgan fingerprint density at radius 3 is 2.56 bits per heavy atom. The third kappa shape index (κ3) is 5.97. The van der Waals surface area contributed by atoms with Crippen LogP contribution in [0.5, 0.6) is 0 Å². The molecule has 246 valence electrons. The summed E-state index contributed by atoms with van der Waals surface area (Å²) in [6.45, 7) is 3.06. The van der Waals surface area contributed by atoms with E-state index in [4.69, 9.17) is 21.3 Å². The molecule has 1 atom stereocenters. The van der Waals surface area contributed by atoms with Gasteiger partial charge in [0.15, 0.2) is 5.60 Å². The Balaban J connectivity index is 0.000000168. The number of halogens is 2. The normalized spacial score (nSPS) is 17.7. The van der Waals surface area contributed by atoms with Gasteiger partial charge >= 0.3 is 5.97 Å². The van der Waals surface area contributed by atoms with Crippen molar-refractivity contribution in [2.75, 3.05) is 20.6 Å². The van der Waals surface area contributed by atoms with Crippen LogP contribution in [0.15, 0.2) is 99.5 Å². The monoisotopic (exact) mass is 699 g/mol. The number of esters is 1. The van der Waals surface area contributed by atoms with E-state index in [0.717, 1.165) is 40.1 Å². The standard InChI is InChI=1S/C20H16N2O4.C18H18ClNS.ClH/c1-2-20(25)14-8-16-17-12(7-11-5-3-4-6-15(11)21-17)9-22(16)18(23)13(14)10-26-19(20)24;1-20(2)11-5-7-14-15-6-3-4-8-17(15)21-18-10-9-13(19)12-16(14)18;/h3-8,25H,2,9-10H2,1H3;3-4,6-10,12H,5,11H2,1-2H3;1H. The fraction of sp³-hybridized carbons (Fsp3) is 0.237. The molecule has 8 rings (SSSR count). The van der Waals surface area contributed by atoms with Crippen LogP contribution in [0.2, 0.25) is 5.02 Å². The van der Waals surface area contributed by atoms with Crippen LogP contribution in [-0.2, 0) is 28.3 Å². The van der Waals surface area contributed by atoms with Gasteiger partial charge < -0.3 is 19.3 Å². The lowest BCUT2D eigenvalue weighted by Gasteiger charge is -2.31. The Hall–Kier alpha value is -3.92. The number of para-hydroxylation sites is 1. The lowest BCUT2D eigenvalue weighted by molar-refractivity contribution is -0.172. The number of rotatable bonds is 4. The minimum Gasteiger partial charge on any atom is -0.458 e. The number of aliphatic hydroxyl groups is 1. The molecule has 0 fully saturated rings. The van der Waals surface area contributed by atoms with Crippen molar-refractivity contribution in [1.29, 1.82) is 0 Å². The van der Waals surface area contributed by atoms with Crippen LogP contribution in [0.25, 0.3) is 27.9 Å². The summed E-state index contributed by atoms with van der Waals surface area (Å²) >= 11 is 8.03. The molecule has 5 heterocycles. The van der Waals surface area contributed by atoms with Crippen LogP contribution in [0.4, 0.5) is 0 Å². The number of carbonyl (C=O) groups excluding carboxylic acids is 1. The van der Waals surface area contributed by atoms with E-state index >= 15 is 0 Å². The SMILES string of the molecule is CCC1(O)C(=O)OCc2c1cc1n(c2=O)Cc2cc3ccccc3nc2-1.CN(C)CCC=C1c2ccccc2Sc2ccc(Cl)cc21.Cl. The Labute approximate surface area is 294 Å².